The highest BCUT2D eigenvalue weighted by Crippen LogP contribution is 2.22. The molecule has 1 amide bonds. The molecule has 0 radical (unpaired) electrons. The van der Waals surface area contributed by atoms with Crippen LogP contribution in [-0.2, 0) is 14.8 Å². The normalized spacial score (nSPS) is 11.2. The Morgan fingerprint density at radius 1 is 1.08 bits per heavy atom. The largest absolute Gasteiger partial charge is 0.385 e. The standard InChI is InChI=1S/C17H18F2N2O4S/c1-25-11-3-10-20-17(22)12-6-8-13(9-7-12)26(23,24)21-16-14(18)4-2-5-15(16)19/h2,4-9,21H,3,10-11H2,1H3,(H,20,22). The van der Waals surface area contributed by atoms with Crippen molar-refractivity contribution in [2.45, 2.75) is 11.3 Å². The van der Waals surface area contributed by atoms with Crippen molar-refractivity contribution in [2.24, 2.45) is 0 Å². The molecule has 140 valence electrons. The molecule has 6 nitrogen and oxygen atoms in total. The molecular formula is C17H18F2N2O4S. The minimum atomic E-state index is -4.20. The van der Waals surface area contributed by atoms with Crippen molar-refractivity contribution in [1.82, 2.24) is 5.32 Å². The van der Waals surface area contributed by atoms with Crippen LogP contribution in [0.1, 0.15) is 16.8 Å². The van der Waals surface area contributed by atoms with Crippen LogP contribution in [0.25, 0.3) is 0 Å². The van der Waals surface area contributed by atoms with Crippen molar-refractivity contribution in [3.63, 3.8) is 0 Å². The Morgan fingerprint density at radius 2 is 1.69 bits per heavy atom. The van der Waals surface area contributed by atoms with Crippen molar-refractivity contribution in [1.29, 1.82) is 0 Å². The lowest BCUT2D eigenvalue weighted by molar-refractivity contribution is 0.0948. The molecule has 0 spiro atoms. The van der Waals surface area contributed by atoms with Crippen LogP contribution in [0.4, 0.5) is 14.5 Å². The second-order valence-corrected chi connectivity index (χ2v) is 7.01. The molecule has 0 bridgehead atoms. The Balaban J connectivity index is 2.10. The van der Waals surface area contributed by atoms with Crippen molar-refractivity contribution in [3.05, 3.63) is 59.7 Å². The number of halogens is 2. The molecule has 0 fully saturated rings. The Labute approximate surface area is 150 Å². The number of ether oxygens (including phenoxy) is 1. The van der Waals surface area contributed by atoms with Gasteiger partial charge in [0.1, 0.15) is 17.3 Å². The van der Waals surface area contributed by atoms with Gasteiger partial charge in [-0.05, 0) is 42.8 Å². The molecule has 2 aromatic rings. The highest BCUT2D eigenvalue weighted by atomic mass is 32.2. The van der Waals surface area contributed by atoms with E-state index in [1.807, 2.05) is 4.72 Å². The fourth-order valence-electron chi connectivity index (χ4n) is 2.09. The number of hydrogen-bond acceptors (Lipinski definition) is 4. The predicted molar refractivity (Wildman–Crippen MR) is 92.4 cm³/mol. The predicted octanol–water partition coefficient (Wildman–Crippen LogP) is 2.53. The molecule has 0 saturated carbocycles. The van der Waals surface area contributed by atoms with Gasteiger partial charge in [0.25, 0.3) is 15.9 Å². The van der Waals surface area contributed by atoms with Gasteiger partial charge in [-0.3, -0.25) is 9.52 Å². The van der Waals surface area contributed by atoms with Crippen molar-refractivity contribution >= 4 is 21.6 Å². The van der Waals surface area contributed by atoms with Gasteiger partial charge in [-0.2, -0.15) is 0 Å². The van der Waals surface area contributed by atoms with Gasteiger partial charge in [0.15, 0.2) is 0 Å². The summed E-state index contributed by atoms with van der Waals surface area (Å²) in [5.41, 5.74) is -0.495. The van der Waals surface area contributed by atoms with Crippen LogP contribution in [0, 0.1) is 11.6 Å². The number of carbonyl (C=O) groups excluding carboxylic acids is 1. The number of para-hydroxylation sites is 1. The van der Waals surface area contributed by atoms with Crippen LogP contribution in [0.3, 0.4) is 0 Å². The first-order valence-electron chi connectivity index (χ1n) is 7.69. The van der Waals surface area contributed by atoms with E-state index in [0.717, 1.165) is 18.2 Å². The van der Waals surface area contributed by atoms with Crippen molar-refractivity contribution < 1.29 is 26.7 Å². The third kappa shape index (κ3) is 4.99. The maximum absolute atomic E-state index is 13.6. The van der Waals surface area contributed by atoms with E-state index >= 15 is 0 Å². The quantitative estimate of drug-likeness (QED) is 0.685. The molecule has 26 heavy (non-hydrogen) atoms. The van der Waals surface area contributed by atoms with Gasteiger partial charge in [-0.15, -0.1) is 0 Å². The maximum atomic E-state index is 13.6. The highest BCUT2D eigenvalue weighted by Gasteiger charge is 2.19. The van der Waals surface area contributed by atoms with Crippen LogP contribution in [0.15, 0.2) is 47.4 Å². The van der Waals surface area contributed by atoms with Gasteiger partial charge in [0.2, 0.25) is 0 Å². The zero-order valence-corrected chi connectivity index (χ0v) is 14.8. The second-order valence-electron chi connectivity index (χ2n) is 5.33. The van der Waals surface area contributed by atoms with Crippen LogP contribution >= 0.6 is 0 Å². The van der Waals surface area contributed by atoms with Crippen LogP contribution < -0.4 is 10.0 Å². The van der Waals surface area contributed by atoms with Gasteiger partial charge in [0, 0.05) is 25.8 Å². The molecule has 9 heteroatoms. The summed E-state index contributed by atoms with van der Waals surface area (Å²) < 4.78 is 58.5. The van der Waals surface area contributed by atoms with Crippen LogP contribution in [0.5, 0.6) is 0 Å². The van der Waals surface area contributed by atoms with E-state index in [0.29, 0.717) is 19.6 Å². The van der Waals surface area contributed by atoms with Crippen LogP contribution in [-0.4, -0.2) is 34.6 Å². The van der Waals surface area contributed by atoms with E-state index in [-0.39, 0.29) is 16.4 Å². The third-order valence-electron chi connectivity index (χ3n) is 3.44. The number of rotatable bonds is 8. The van der Waals surface area contributed by atoms with Gasteiger partial charge < -0.3 is 10.1 Å². The topological polar surface area (TPSA) is 84.5 Å². The summed E-state index contributed by atoms with van der Waals surface area (Å²) in [6.07, 6.45) is 0.646. The minimum Gasteiger partial charge on any atom is -0.385 e. The number of carbonyl (C=O) groups is 1. The van der Waals surface area contributed by atoms with E-state index in [1.54, 1.807) is 7.11 Å². The summed E-state index contributed by atoms with van der Waals surface area (Å²) in [5.74, 6) is -2.42. The molecule has 2 rings (SSSR count). The summed E-state index contributed by atoms with van der Waals surface area (Å²) in [6, 6.07) is 8.02. The first-order valence-corrected chi connectivity index (χ1v) is 9.17. The summed E-state index contributed by atoms with van der Waals surface area (Å²) in [6.45, 7) is 0.927. The number of nitrogens with one attached hydrogen (secondary N) is 2. The molecule has 0 unspecified atom stereocenters. The molecule has 0 atom stereocenters. The van der Waals surface area contributed by atoms with E-state index in [1.165, 1.54) is 24.3 Å². The van der Waals surface area contributed by atoms with Crippen molar-refractivity contribution in [2.75, 3.05) is 25.0 Å². The zero-order valence-electron chi connectivity index (χ0n) is 14.0. The molecule has 0 aliphatic heterocycles. The lowest BCUT2D eigenvalue weighted by Gasteiger charge is -2.10. The molecule has 0 aliphatic carbocycles. The Kier molecular flexibility index (Phi) is 6.64. The average Bonchev–Trinajstić information content (AvgIpc) is 2.62. The molecular weight excluding hydrogens is 366 g/mol. The van der Waals surface area contributed by atoms with E-state index in [4.69, 9.17) is 4.74 Å². The van der Waals surface area contributed by atoms with Gasteiger partial charge >= 0.3 is 0 Å². The van der Waals surface area contributed by atoms with E-state index < -0.39 is 27.3 Å². The van der Waals surface area contributed by atoms with Gasteiger partial charge in [-0.25, -0.2) is 17.2 Å². The monoisotopic (exact) mass is 384 g/mol. The van der Waals surface area contributed by atoms with Gasteiger partial charge in [0.05, 0.1) is 4.90 Å². The summed E-state index contributed by atoms with van der Waals surface area (Å²) >= 11 is 0. The molecule has 0 heterocycles. The Hall–Kier alpha value is -2.52. The maximum Gasteiger partial charge on any atom is 0.262 e. The Bertz CT molecular complexity index is 851. The van der Waals surface area contributed by atoms with Crippen molar-refractivity contribution in [3.8, 4) is 0 Å². The summed E-state index contributed by atoms with van der Waals surface area (Å²) in [5, 5.41) is 2.66. The zero-order chi connectivity index (χ0) is 19.2. The molecule has 0 aromatic heterocycles. The first-order chi connectivity index (χ1) is 12.3. The summed E-state index contributed by atoms with van der Waals surface area (Å²) in [7, 11) is -2.65. The second kappa shape index (κ2) is 8.72. The minimum absolute atomic E-state index is 0.226. The fraction of sp³-hybridized carbons (Fsp3) is 0.235. The lowest BCUT2D eigenvalue weighted by atomic mass is 10.2. The fourth-order valence-corrected chi connectivity index (χ4v) is 3.17. The molecule has 0 saturated heterocycles. The Morgan fingerprint density at radius 3 is 2.27 bits per heavy atom. The number of sulfonamides is 1. The first kappa shape index (κ1) is 19.8. The smallest absolute Gasteiger partial charge is 0.262 e. The van der Waals surface area contributed by atoms with E-state index in [2.05, 4.69) is 5.32 Å². The number of amides is 1. The number of methoxy groups -OCH3 is 1. The van der Waals surface area contributed by atoms with E-state index in [9.17, 15) is 22.0 Å². The molecule has 2 aromatic carbocycles. The third-order valence-corrected chi connectivity index (χ3v) is 4.80. The number of anilines is 1. The lowest BCUT2D eigenvalue weighted by Crippen LogP contribution is -2.25. The molecule has 2 N–H and O–H groups in total. The number of hydrogen-bond donors (Lipinski definition) is 2. The average molecular weight is 384 g/mol. The molecule has 0 aliphatic rings. The van der Waals surface area contributed by atoms with Gasteiger partial charge in [-0.1, -0.05) is 6.07 Å². The number of benzene rings is 2. The highest BCUT2D eigenvalue weighted by molar-refractivity contribution is 7.92. The van der Waals surface area contributed by atoms with Crippen LogP contribution in [0.2, 0.25) is 0 Å². The SMILES string of the molecule is COCCCNC(=O)c1ccc(S(=O)(=O)Nc2c(F)cccc2F)cc1. The summed E-state index contributed by atoms with van der Waals surface area (Å²) in [4.78, 5) is 11.7.